The maximum Gasteiger partial charge on any atom is 0.220 e. The Morgan fingerprint density at radius 2 is 2.06 bits per heavy atom. The lowest BCUT2D eigenvalue weighted by atomic mass is 10.2. The predicted octanol–water partition coefficient (Wildman–Crippen LogP) is 0.740. The number of aromatic nitrogens is 1. The zero-order valence-corrected chi connectivity index (χ0v) is 9.70. The van der Waals surface area contributed by atoms with Crippen LogP contribution in [-0.4, -0.2) is 31.0 Å². The fourth-order valence-corrected chi connectivity index (χ4v) is 1.41. The van der Waals surface area contributed by atoms with Crippen molar-refractivity contribution in [3.63, 3.8) is 0 Å². The number of amides is 1. The van der Waals surface area contributed by atoms with Crippen molar-refractivity contribution in [1.29, 1.82) is 0 Å². The maximum atomic E-state index is 11.4. The lowest BCUT2D eigenvalue weighted by Crippen LogP contribution is -2.26. The van der Waals surface area contributed by atoms with Crippen LogP contribution in [0.25, 0.3) is 0 Å². The largest absolute Gasteiger partial charge is 0.356 e. The van der Waals surface area contributed by atoms with Crippen LogP contribution in [0.5, 0.6) is 0 Å². The molecule has 1 heterocycles. The molecular weight excluding hydrogens is 202 g/mol. The van der Waals surface area contributed by atoms with Crippen molar-refractivity contribution in [3.8, 4) is 0 Å². The highest BCUT2D eigenvalue weighted by atomic mass is 16.1. The summed E-state index contributed by atoms with van der Waals surface area (Å²) in [7, 11) is 1.89. The van der Waals surface area contributed by atoms with Crippen LogP contribution in [0.15, 0.2) is 24.5 Å². The van der Waals surface area contributed by atoms with Crippen LogP contribution < -0.4 is 10.6 Å². The average Bonchev–Trinajstić information content (AvgIpc) is 2.31. The first kappa shape index (κ1) is 12.6. The quantitative estimate of drug-likeness (QED) is 0.668. The summed E-state index contributed by atoms with van der Waals surface area (Å²) in [5, 5.41) is 5.92. The molecular formula is C12H19N3O. The first-order valence-electron chi connectivity index (χ1n) is 5.63. The van der Waals surface area contributed by atoms with Gasteiger partial charge in [-0.05, 0) is 44.1 Å². The normalized spacial score (nSPS) is 10.1. The first-order chi connectivity index (χ1) is 7.83. The highest BCUT2D eigenvalue weighted by Crippen LogP contribution is 1.96. The van der Waals surface area contributed by atoms with E-state index in [1.165, 1.54) is 5.56 Å². The minimum Gasteiger partial charge on any atom is -0.356 e. The molecule has 0 radical (unpaired) electrons. The summed E-state index contributed by atoms with van der Waals surface area (Å²) in [5.41, 5.74) is 1.20. The van der Waals surface area contributed by atoms with Crippen LogP contribution in [0, 0.1) is 0 Å². The molecule has 1 amide bonds. The van der Waals surface area contributed by atoms with Crippen LogP contribution in [-0.2, 0) is 11.2 Å². The second-order valence-corrected chi connectivity index (χ2v) is 3.66. The zero-order valence-electron chi connectivity index (χ0n) is 9.70. The standard InChI is InChI=1S/C12H19N3O/c1-13-7-2-3-12(16)15-10-6-11-4-8-14-9-5-11/h4-5,8-9,13H,2-3,6-7,10H2,1H3,(H,15,16). The molecule has 1 rings (SSSR count). The van der Waals surface area contributed by atoms with Crippen molar-refractivity contribution in [2.75, 3.05) is 20.1 Å². The fraction of sp³-hybridized carbons (Fsp3) is 0.500. The molecule has 16 heavy (non-hydrogen) atoms. The van der Waals surface area contributed by atoms with Crippen LogP contribution in [0.1, 0.15) is 18.4 Å². The van der Waals surface area contributed by atoms with Crippen LogP contribution in [0.3, 0.4) is 0 Å². The van der Waals surface area contributed by atoms with Gasteiger partial charge in [0.2, 0.25) is 5.91 Å². The van der Waals surface area contributed by atoms with Gasteiger partial charge in [0, 0.05) is 25.4 Å². The third kappa shape index (κ3) is 5.46. The number of hydrogen-bond acceptors (Lipinski definition) is 3. The van der Waals surface area contributed by atoms with Crippen molar-refractivity contribution in [2.45, 2.75) is 19.3 Å². The molecule has 0 atom stereocenters. The van der Waals surface area contributed by atoms with Gasteiger partial charge in [0.25, 0.3) is 0 Å². The molecule has 0 spiro atoms. The highest BCUT2D eigenvalue weighted by Gasteiger charge is 1.99. The summed E-state index contributed by atoms with van der Waals surface area (Å²) in [6, 6.07) is 3.93. The number of carbonyl (C=O) groups excluding carboxylic acids is 1. The molecule has 0 saturated carbocycles. The molecule has 0 fully saturated rings. The Labute approximate surface area is 96.5 Å². The van der Waals surface area contributed by atoms with E-state index in [1.807, 2.05) is 19.2 Å². The summed E-state index contributed by atoms with van der Waals surface area (Å²) in [5.74, 6) is 0.129. The number of hydrogen-bond donors (Lipinski definition) is 2. The van der Waals surface area contributed by atoms with Gasteiger partial charge >= 0.3 is 0 Å². The number of rotatable bonds is 7. The molecule has 1 aromatic heterocycles. The molecule has 1 aromatic rings. The molecule has 2 N–H and O–H groups in total. The molecule has 0 aliphatic heterocycles. The van der Waals surface area contributed by atoms with E-state index in [1.54, 1.807) is 12.4 Å². The van der Waals surface area contributed by atoms with E-state index >= 15 is 0 Å². The third-order valence-electron chi connectivity index (χ3n) is 2.32. The van der Waals surface area contributed by atoms with E-state index in [0.29, 0.717) is 13.0 Å². The maximum absolute atomic E-state index is 11.4. The fourth-order valence-electron chi connectivity index (χ4n) is 1.41. The second kappa shape index (κ2) is 7.82. The van der Waals surface area contributed by atoms with Crippen LogP contribution >= 0.6 is 0 Å². The number of nitrogens with one attached hydrogen (secondary N) is 2. The Hall–Kier alpha value is -1.42. The van der Waals surface area contributed by atoms with E-state index in [0.717, 1.165) is 19.4 Å². The zero-order chi connectivity index (χ0) is 11.6. The molecule has 0 aromatic carbocycles. The van der Waals surface area contributed by atoms with Crippen molar-refractivity contribution in [1.82, 2.24) is 15.6 Å². The van der Waals surface area contributed by atoms with E-state index in [4.69, 9.17) is 0 Å². The average molecular weight is 221 g/mol. The summed E-state index contributed by atoms with van der Waals surface area (Å²) in [4.78, 5) is 15.3. The van der Waals surface area contributed by atoms with Gasteiger partial charge < -0.3 is 10.6 Å². The minimum absolute atomic E-state index is 0.129. The summed E-state index contributed by atoms with van der Waals surface area (Å²) in [6.07, 6.45) is 5.88. The number of pyridine rings is 1. The van der Waals surface area contributed by atoms with Crippen LogP contribution in [0.4, 0.5) is 0 Å². The van der Waals surface area contributed by atoms with Crippen molar-refractivity contribution in [3.05, 3.63) is 30.1 Å². The molecule has 0 bridgehead atoms. The molecule has 88 valence electrons. The van der Waals surface area contributed by atoms with E-state index in [2.05, 4.69) is 15.6 Å². The SMILES string of the molecule is CNCCCC(=O)NCCc1ccncc1. The number of nitrogens with zero attached hydrogens (tertiary/aromatic N) is 1. The van der Waals surface area contributed by atoms with Crippen molar-refractivity contribution < 1.29 is 4.79 Å². The molecule has 4 heteroatoms. The van der Waals surface area contributed by atoms with Gasteiger partial charge in [0.05, 0.1) is 0 Å². The minimum atomic E-state index is 0.129. The van der Waals surface area contributed by atoms with Crippen LogP contribution in [0.2, 0.25) is 0 Å². The van der Waals surface area contributed by atoms with E-state index in [-0.39, 0.29) is 5.91 Å². The Bertz CT molecular complexity index is 300. The van der Waals surface area contributed by atoms with Gasteiger partial charge in [-0.2, -0.15) is 0 Å². The summed E-state index contributed by atoms with van der Waals surface area (Å²) in [6.45, 7) is 1.58. The summed E-state index contributed by atoms with van der Waals surface area (Å²) < 4.78 is 0. The lowest BCUT2D eigenvalue weighted by Gasteiger charge is -2.04. The van der Waals surface area contributed by atoms with Gasteiger partial charge in [-0.25, -0.2) is 0 Å². The van der Waals surface area contributed by atoms with Gasteiger partial charge in [-0.1, -0.05) is 0 Å². The van der Waals surface area contributed by atoms with Gasteiger partial charge in [0.1, 0.15) is 0 Å². The Kier molecular flexibility index (Phi) is 6.18. The van der Waals surface area contributed by atoms with E-state index < -0.39 is 0 Å². The highest BCUT2D eigenvalue weighted by molar-refractivity contribution is 5.75. The topological polar surface area (TPSA) is 54.0 Å². The van der Waals surface area contributed by atoms with E-state index in [9.17, 15) is 4.79 Å². The lowest BCUT2D eigenvalue weighted by molar-refractivity contribution is -0.121. The second-order valence-electron chi connectivity index (χ2n) is 3.66. The van der Waals surface area contributed by atoms with Crippen molar-refractivity contribution >= 4 is 5.91 Å². The van der Waals surface area contributed by atoms with Crippen molar-refractivity contribution in [2.24, 2.45) is 0 Å². The van der Waals surface area contributed by atoms with Gasteiger partial charge in [-0.3, -0.25) is 9.78 Å². The first-order valence-corrected chi connectivity index (χ1v) is 5.63. The predicted molar refractivity (Wildman–Crippen MR) is 64.1 cm³/mol. The monoisotopic (exact) mass is 221 g/mol. The smallest absolute Gasteiger partial charge is 0.220 e. The van der Waals surface area contributed by atoms with Gasteiger partial charge in [-0.15, -0.1) is 0 Å². The Morgan fingerprint density at radius 1 is 1.31 bits per heavy atom. The third-order valence-corrected chi connectivity index (χ3v) is 2.32. The molecule has 0 aliphatic rings. The molecule has 0 unspecified atom stereocenters. The molecule has 4 nitrogen and oxygen atoms in total. The Balaban J connectivity index is 2.09. The molecule has 0 saturated heterocycles. The number of carbonyl (C=O) groups is 1. The summed E-state index contributed by atoms with van der Waals surface area (Å²) >= 11 is 0. The van der Waals surface area contributed by atoms with Gasteiger partial charge in [0.15, 0.2) is 0 Å². The molecule has 0 aliphatic carbocycles. The Morgan fingerprint density at radius 3 is 2.75 bits per heavy atom.